The summed E-state index contributed by atoms with van der Waals surface area (Å²) >= 11 is 0. The van der Waals surface area contributed by atoms with Gasteiger partial charge in [0.05, 0.1) is 27.7 Å². The molecule has 0 bridgehead atoms. The molecule has 0 radical (unpaired) electrons. The van der Waals surface area contributed by atoms with E-state index >= 15 is 0 Å². The lowest BCUT2D eigenvalue weighted by Gasteiger charge is -2.28. The number of allylic oxidation sites excluding steroid dienone is 10. The summed E-state index contributed by atoms with van der Waals surface area (Å²) in [6, 6.07) is 0. The predicted octanol–water partition coefficient (Wildman–Crippen LogP) is 9.49. The monoisotopic (exact) mass is 723 g/mol. The summed E-state index contributed by atoms with van der Waals surface area (Å²) in [5.74, 6) is -0.904. The zero-order chi connectivity index (χ0) is 37.2. The molecular formula is C40H70NO8P. The molecule has 0 saturated heterocycles. The number of ether oxygens (including phenoxy) is 2. The second-order valence-corrected chi connectivity index (χ2v) is 15.0. The number of likely N-dealkylation sites (N-methyl/N-ethyl adjacent to an activating group) is 1. The molecule has 9 nitrogen and oxygen atoms in total. The molecule has 1 unspecified atom stereocenters. The Kier molecular flexibility index (Phi) is 31.1. The van der Waals surface area contributed by atoms with Crippen molar-refractivity contribution in [2.45, 2.75) is 136 Å². The van der Waals surface area contributed by atoms with Gasteiger partial charge in [-0.1, -0.05) is 107 Å². The van der Waals surface area contributed by atoms with E-state index in [9.17, 15) is 19.0 Å². The van der Waals surface area contributed by atoms with Crippen LogP contribution in [0.2, 0.25) is 0 Å². The summed E-state index contributed by atoms with van der Waals surface area (Å²) < 4.78 is 33.7. The summed E-state index contributed by atoms with van der Waals surface area (Å²) in [6.07, 6.45) is 36.8. The Morgan fingerprint density at radius 2 is 1.14 bits per heavy atom. The van der Waals surface area contributed by atoms with Crippen molar-refractivity contribution in [1.82, 2.24) is 0 Å². The molecule has 0 aliphatic heterocycles. The third kappa shape index (κ3) is 35.5. The maximum atomic E-state index is 12.6. The zero-order valence-corrected chi connectivity index (χ0v) is 33.0. The Hall–Kier alpha value is -2.29. The maximum absolute atomic E-state index is 12.6. The van der Waals surface area contributed by atoms with Gasteiger partial charge in [-0.25, -0.2) is 0 Å². The van der Waals surface area contributed by atoms with Gasteiger partial charge in [0.15, 0.2) is 6.10 Å². The van der Waals surface area contributed by atoms with Crippen molar-refractivity contribution in [3.05, 3.63) is 60.8 Å². The van der Waals surface area contributed by atoms with Crippen LogP contribution >= 0.6 is 7.82 Å². The van der Waals surface area contributed by atoms with Crippen LogP contribution in [0.3, 0.4) is 0 Å². The van der Waals surface area contributed by atoms with E-state index in [-0.39, 0.29) is 26.1 Å². The van der Waals surface area contributed by atoms with Crippen LogP contribution in [0.1, 0.15) is 129 Å². The lowest BCUT2D eigenvalue weighted by atomic mass is 10.1. The molecule has 0 saturated carbocycles. The Bertz CT molecular complexity index is 1040. The molecule has 10 heteroatoms. The number of phosphoric acid groups is 1. The molecule has 0 aromatic carbocycles. The van der Waals surface area contributed by atoms with E-state index in [4.69, 9.17) is 18.5 Å². The van der Waals surface area contributed by atoms with Gasteiger partial charge in [-0.05, 0) is 70.6 Å². The number of carbonyl (C=O) groups is 2. The molecule has 0 fully saturated rings. The number of esters is 2. The van der Waals surface area contributed by atoms with Gasteiger partial charge < -0.3 is 27.9 Å². The van der Waals surface area contributed by atoms with E-state index in [1.54, 1.807) is 0 Å². The molecule has 0 rings (SSSR count). The molecule has 288 valence electrons. The molecule has 0 amide bonds. The molecule has 0 aromatic rings. The molecule has 0 spiro atoms. The number of carbonyl (C=O) groups excluding carboxylic acids is 2. The fraction of sp³-hybridized carbons (Fsp3) is 0.700. The van der Waals surface area contributed by atoms with Gasteiger partial charge in [0.2, 0.25) is 0 Å². The first kappa shape index (κ1) is 47.7. The standard InChI is InChI=1S/C40H70NO8P/c1-6-8-10-12-14-16-18-19-20-21-23-25-27-29-31-33-40(43)49-38(37-48-50(44,45)47-35-34-41(3,4)5)36-46-39(42)32-30-28-26-24-22-17-15-13-11-9-7-2/h8,10,13-16,19-20,23,25,38H,6-7,9,11-12,17-18,21-22,24,26-37H2,1-5H3/b10-8-,15-13-,16-14-,20-19-,25-23-/t38-/m1/s1. The third-order valence-electron chi connectivity index (χ3n) is 7.52. The van der Waals surface area contributed by atoms with E-state index in [0.29, 0.717) is 23.9 Å². The lowest BCUT2D eigenvalue weighted by molar-refractivity contribution is -0.870. The highest BCUT2D eigenvalue weighted by molar-refractivity contribution is 7.45. The first-order valence-electron chi connectivity index (χ1n) is 19.0. The Morgan fingerprint density at radius 1 is 0.640 bits per heavy atom. The van der Waals surface area contributed by atoms with Crippen molar-refractivity contribution >= 4 is 19.8 Å². The zero-order valence-electron chi connectivity index (χ0n) is 32.1. The van der Waals surface area contributed by atoms with E-state index in [0.717, 1.165) is 77.0 Å². The molecular weight excluding hydrogens is 653 g/mol. The minimum Gasteiger partial charge on any atom is -0.756 e. The van der Waals surface area contributed by atoms with Gasteiger partial charge in [-0.2, -0.15) is 0 Å². The molecule has 50 heavy (non-hydrogen) atoms. The predicted molar refractivity (Wildman–Crippen MR) is 203 cm³/mol. The number of quaternary nitrogens is 1. The average molecular weight is 724 g/mol. The Balaban J connectivity index is 4.55. The van der Waals surface area contributed by atoms with Gasteiger partial charge in [-0.15, -0.1) is 0 Å². The fourth-order valence-corrected chi connectivity index (χ4v) is 5.23. The summed E-state index contributed by atoms with van der Waals surface area (Å²) in [5, 5.41) is 0. The number of nitrogens with zero attached hydrogens (tertiary/aromatic N) is 1. The first-order chi connectivity index (χ1) is 24.0. The highest BCUT2D eigenvalue weighted by Gasteiger charge is 2.21. The minimum atomic E-state index is -4.63. The fourth-order valence-electron chi connectivity index (χ4n) is 4.51. The lowest BCUT2D eigenvalue weighted by Crippen LogP contribution is -2.37. The highest BCUT2D eigenvalue weighted by Crippen LogP contribution is 2.38. The first-order valence-corrected chi connectivity index (χ1v) is 20.5. The number of hydrogen-bond acceptors (Lipinski definition) is 8. The SMILES string of the molecule is CC/C=C\C/C=C\C/C=C\C/C=C\CCCCC(=O)O[C@H](COC(=O)CCCCCCC/C=C\CCCC)COP(=O)([O-])OCC[N+](C)(C)C. The molecule has 0 aliphatic carbocycles. The van der Waals surface area contributed by atoms with Crippen molar-refractivity contribution in [2.24, 2.45) is 0 Å². The van der Waals surface area contributed by atoms with E-state index in [2.05, 4.69) is 74.6 Å². The summed E-state index contributed by atoms with van der Waals surface area (Å²) in [4.78, 5) is 37.3. The van der Waals surface area contributed by atoms with Crippen LogP contribution in [0.5, 0.6) is 0 Å². The highest BCUT2D eigenvalue weighted by atomic mass is 31.2. The molecule has 0 aromatic heterocycles. The van der Waals surface area contributed by atoms with Crippen LogP contribution in [-0.4, -0.2) is 70.0 Å². The van der Waals surface area contributed by atoms with Gasteiger partial charge >= 0.3 is 11.9 Å². The van der Waals surface area contributed by atoms with Gasteiger partial charge in [0.25, 0.3) is 7.82 Å². The van der Waals surface area contributed by atoms with Crippen LogP contribution in [0.25, 0.3) is 0 Å². The number of phosphoric ester groups is 1. The second-order valence-electron chi connectivity index (χ2n) is 13.6. The van der Waals surface area contributed by atoms with Crippen molar-refractivity contribution in [1.29, 1.82) is 0 Å². The minimum absolute atomic E-state index is 0.0430. The molecule has 0 N–H and O–H groups in total. The Morgan fingerprint density at radius 3 is 1.76 bits per heavy atom. The van der Waals surface area contributed by atoms with Crippen molar-refractivity contribution < 1.29 is 42.1 Å². The van der Waals surface area contributed by atoms with Crippen LogP contribution < -0.4 is 4.89 Å². The quantitative estimate of drug-likeness (QED) is 0.0217. The number of unbranched alkanes of at least 4 members (excludes halogenated alkanes) is 9. The summed E-state index contributed by atoms with van der Waals surface area (Å²) in [5.41, 5.74) is 0. The normalized spacial score (nSPS) is 14.4. The van der Waals surface area contributed by atoms with Crippen molar-refractivity contribution in [3.8, 4) is 0 Å². The largest absolute Gasteiger partial charge is 0.756 e. The van der Waals surface area contributed by atoms with Crippen LogP contribution in [0, 0.1) is 0 Å². The van der Waals surface area contributed by atoms with E-state index in [1.807, 2.05) is 21.1 Å². The number of rotatable bonds is 33. The van der Waals surface area contributed by atoms with Crippen molar-refractivity contribution in [2.75, 3.05) is 47.5 Å². The summed E-state index contributed by atoms with van der Waals surface area (Å²) in [6.45, 7) is 3.97. The van der Waals surface area contributed by atoms with E-state index < -0.39 is 32.5 Å². The molecule has 2 atom stereocenters. The average Bonchev–Trinajstić information content (AvgIpc) is 3.06. The van der Waals surface area contributed by atoms with Crippen LogP contribution in [0.15, 0.2) is 60.8 Å². The smallest absolute Gasteiger partial charge is 0.306 e. The maximum Gasteiger partial charge on any atom is 0.306 e. The Labute approximate surface area is 305 Å². The number of hydrogen-bond donors (Lipinski definition) is 0. The summed E-state index contributed by atoms with van der Waals surface area (Å²) in [7, 11) is 1.12. The topological polar surface area (TPSA) is 111 Å². The van der Waals surface area contributed by atoms with Gasteiger partial charge in [0.1, 0.15) is 19.8 Å². The molecule has 0 heterocycles. The van der Waals surface area contributed by atoms with Crippen LogP contribution in [-0.2, 0) is 32.7 Å². The third-order valence-corrected chi connectivity index (χ3v) is 8.49. The van der Waals surface area contributed by atoms with Gasteiger partial charge in [-0.3, -0.25) is 14.2 Å². The van der Waals surface area contributed by atoms with E-state index in [1.165, 1.54) is 12.8 Å². The molecule has 0 aliphatic rings. The second kappa shape index (κ2) is 32.6. The van der Waals surface area contributed by atoms with Gasteiger partial charge in [0, 0.05) is 12.8 Å². The van der Waals surface area contributed by atoms with Crippen molar-refractivity contribution in [3.63, 3.8) is 0 Å². The van der Waals surface area contributed by atoms with Crippen LogP contribution in [0.4, 0.5) is 0 Å².